The Morgan fingerprint density at radius 1 is 0.625 bits per heavy atom. The number of methoxy groups -OCH3 is 2. The number of pyridine rings is 2. The van der Waals surface area contributed by atoms with Gasteiger partial charge in [-0.3, -0.25) is 19.8 Å². The van der Waals surface area contributed by atoms with E-state index in [1.807, 2.05) is 36.7 Å². The van der Waals surface area contributed by atoms with Gasteiger partial charge in [0.05, 0.1) is 48.1 Å². The summed E-state index contributed by atoms with van der Waals surface area (Å²) < 4.78 is 26.0. The molecule has 0 amide bonds. The Morgan fingerprint density at radius 2 is 0.975 bits per heavy atom. The zero-order valence-electron chi connectivity index (χ0n) is 47.6. The van der Waals surface area contributed by atoms with Crippen LogP contribution in [0.4, 0.5) is 0 Å². The number of hydrogen-bond donors (Lipinski definition) is 6. The molecule has 25 heteroatoms. The van der Waals surface area contributed by atoms with Crippen LogP contribution < -0.4 is 75.6 Å². The van der Waals surface area contributed by atoms with Crippen LogP contribution in [0.3, 0.4) is 0 Å². The van der Waals surface area contributed by atoms with Crippen molar-refractivity contribution in [1.82, 2.24) is 30.0 Å². The number of piperidine rings is 6. The summed E-state index contributed by atoms with van der Waals surface area (Å²) in [7, 11) is 3.42. The molecule has 10 atom stereocenters. The molecule has 0 saturated carbocycles. The summed E-state index contributed by atoms with van der Waals surface area (Å²) in [6.45, 7) is 32.1. The van der Waals surface area contributed by atoms with Gasteiger partial charge in [0, 0.05) is 150 Å². The van der Waals surface area contributed by atoms with Gasteiger partial charge in [-0.15, -0.1) is 10.2 Å². The number of rotatable bonds is 13. The Morgan fingerprint density at radius 3 is 1.26 bits per heavy atom. The van der Waals surface area contributed by atoms with Gasteiger partial charge in [-0.25, -0.2) is 4.79 Å². The molecule has 6 saturated heterocycles. The molecule has 0 spiro atoms. The zero-order chi connectivity index (χ0) is 56.7. The molecule has 3 aromatic carbocycles. The number of ether oxygens (including phenoxy) is 4. The minimum atomic E-state index is -0.300. The van der Waals surface area contributed by atoms with E-state index >= 15 is 0 Å². The van der Waals surface area contributed by atoms with Crippen molar-refractivity contribution in [3.63, 3.8) is 0 Å². The van der Waals surface area contributed by atoms with E-state index in [1.54, 1.807) is 14.2 Å². The third-order valence-corrected chi connectivity index (χ3v) is 14.3. The van der Waals surface area contributed by atoms with Crippen molar-refractivity contribution in [2.45, 2.75) is 76.7 Å². The van der Waals surface area contributed by atoms with Gasteiger partial charge in [0.25, 0.3) is 0 Å². The summed E-state index contributed by atoms with van der Waals surface area (Å²) in [6, 6.07) is 25.1. The summed E-state index contributed by atoms with van der Waals surface area (Å²) in [5.41, 5.74) is 4.01. The molecule has 6 N–H and O–H groups in total. The number of hydrogen-bond acceptors (Lipinski definition) is 19. The number of carbonyl (C=O) groups excluding carboxylic acids is 1. The Labute approximate surface area is 656 Å². The fourth-order valence-electron chi connectivity index (χ4n) is 11.1. The predicted octanol–water partition coefficient (Wildman–Crippen LogP) is 3.90. The van der Waals surface area contributed by atoms with Crippen molar-refractivity contribution in [2.24, 2.45) is 23.7 Å². The second-order valence-corrected chi connectivity index (χ2v) is 17.2. The van der Waals surface area contributed by atoms with Crippen molar-refractivity contribution in [3.05, 3.63) is 96.3 Å². The topological polar surface area (TPSA) is 287 Å². The molecule has 0 aliphatic carbocycles. The van der Waals surface area contributed by atoms with Crippen molar-refractivity contribution < 1.29 is 102 Å². The molecule has 401 valence electrons. The molecule has 9 heterocycles. The van der Waals surface area contributed by atoms with Gasteiger partial charge >= 0.3 is 138 Å². The number of aromatic nitrogens is 4. The van der Waals surface area contributed by atoms with E-state index in [1.165, 1.54) is 88.8 Å². The van der Waals surface area contributed by atoms with Crippen molar-refractivity contribution in [1.29, 1.82) is 32.5 Å². The number of fused-ring (bicyclic) bond motifs is 9. The quantitative estimate of drug-likeness (QED) is 0.0315. The molecule has 6 aliphatic rings. The SMILES string of the molecule is CC[C@@H]1CN2CC[C@@H]1C[C@@H]2[C@H](Oc1nnc(O[C@H](c2ccnc3ccc(OC)cc23)[C@H]2C[C@@H]3CCN2C[C@@H]3CC)c2ccccc12)c1ccnc2ccc(OC)cc12.O=[C]O[O-].[CH-]=N.[CH-]=N.[CH-]=N.[CH-]=N.[CH-]=N.[CH-]=N.[Fe+6].[K+].[K].[K].[K][K]. The first kappa shape index (κ1) is 85.3. The second-order valence-electron chi connectivity index (χ2n) is 17.2. The molecule has 80 heavy (non-hydrogen) atoms. The van der Waals surface area contributed by atoms with E-state index in [-0.39, 0.29) is 196 Å². The van der Waals surface area contributed by atoms with Crippen molar-refractivity contribution in [3.8, 4) is 23.3 Å². The molecule has 6 aliphatic heterocycles. The number of nitrogens with one attached hydrogen (secondary N) is 6. The monoisotopic (exact) mass is 1260 g/mol. The van der Waals surface area contributed by atoms with Crippen LogP contribution >= 0.6 is 0 Å². The fraction of sp³-hybridized carbons (Fsp3) is 0.400. The fourth-order valence-corrected chi connectivity index (χ4v) is 11.1. The van der Waals surface area contributed by atoms with Crippen molar-refractivity contribution >= 4 is 245 Å². The summed E-state index contributed by atoms with van der Waals surface area (Å²) in [4.78, 5) is 25.8. The Hall–Kier alpha value is 1.09. The molecule has 6 fully saturated rings. The van der Waals surface area contributed by atoms with Gasteiger partial charge in [0.1, 0.15) is 23.7 Å². The minimum absolute atomic E-state index is 0. The van der Waals surface area contributed by atoms with Crippen molar-refractivity contribution in [2.75, 3.05) is 40.4 Å². The molecule has 6 aromatic rings. The van der Waals surface area contributed by atoms with Gasteiger partial charge in [-0.05, 0) is 123 Å². The predicted molar refractivity (Wildman–Crippen MR) is 309 cm³/mol. The average molecular weight is 1260 g/mol. The Bertz CT molecular complexity index is 2500. The maximum atomic E-state index is 8.51. The van der Waals surface area contributed by atoms with Gasteiger partial charge in [0.15, 0.2) is 0 Å². The summed E-state index contributed by atoms with van der Waals surface area (Å²) >= 11 is 2.50. The van der Waals surface area contributed by atoms with Crippen LogP contribution in [-0.2, 0) is 26.8 Å². The molecule has 4 bridgehead atoms. The molecular formula is C55H66FeK5N12O7. The number of nitrogens with zero attached hydrogens (tertiary/aromatic N) is 6. The first-order chi connectivity index (χ1) is 37.4. The second kappa shape index (κ2) is 49.0. The van der Waals surface area contributed by atoms with Crippen LogP contribution in [0.1, 0.15) is 75.7 Å². The van der Waals surface area contributed by atoms with Crippen LogP contribution in [0, 0.1) is 56.1 Å². The molecule has 2 unspecified atom stereocenters. The third kappa shape index (κ3) is 22.6. The number of benzene rings is 3. The van der Waals surface area contributed by atoms with Crippen LogP contribution in [0.15, 0.2) is 85.2 Å². The Balaban J connectivity index is -0.00000244. The molecule has 3 aromatic heterocycles. The van der Waals surface area contributed by atoms with Crippen LogP contribution in [0.25, 0.3) is 32.6 Å². The maximum absolute atomic E-state index is 8.51. The van der Waals surface area contributed by atoms with Crippen LogP contribution in [-0.4, -0.2) is 295 Å². The van der Waals surface area contributed by atoms with E-state index in [9.17, 15) is 0 Å². The van der Waals surface area contributed by atoms with E-state index in [2.05, 4.69) is 117 Å². The zero-order valence-corrected chi connectivity index (χ0v) is 64.4. The molecule has 19 nitrogen and oxygen atoms in total. The standard InChI is InChI=1S/C48H54N6O4.6CH2N.CHO3.Fe.5K/c1-5-29-27-53-21-17-31(29)23-43(53)45(35-15-19-49-41-13-11-33(55-3)25-39(35)41)57-47-37-9-7-8-10-38(37)48(52-51-47)58-46(44-24-32-18-22-54(44)28-30(32)6-2)36-16-20-50-42-14-12-34(56-4)26-40(36)42;6*1-2;2-1-4-3;;;;;;/h7-16,19-20,25-26,29-32,43-46H,5-6,17-18,21-24,27-28H2,1-4H3;6*1-2H;3H;;;;;;/q;6*-1;;+6;;;;;+1/p-1/t29-,30+,31-,32+,43-,44-,45-,46-;;;;;;;;;;;;;/m1............./s1. The summed E-state index contributed by atoms with van der Waals surface area (Å²) in [5.74, 6) is 5.39. The van der Waals surface area contributed by atoms with Gasteiger partial charge in [-0.2, -0.15) is 0 Å². The molecule has 12 rings (SSSR count). The van der Waals surface area contributed by atoms with Crippen LogP contribution in [0.5, 0.6) is 23.3 Å². The summed E-state index contributed by atoms with van der Waals surface area (Å²) in [6.07, 6.45) is 10.2. The van der Waals surface area contributed by atoms with Gasteiger partial charge in [0.2, 0.25) is 11.8 Å². The van der Waals surface area contributed by atoms with E-state index < -0.39 is 0 Å². The molecular weight excluding hydrogens is 1190 g/mol. The van der Waals surface area contributed by atoms with E-state index in [0.29, 0.717) is 41.9 Å². The molecule has 3 radical (unpaired) electrons. The van der Waals surface area contributed by atoms with E-state index in [4.69, 9.17) is 81.6 Å². The van der Waals surface area contributed by atoms with Gasteiger partial charge < -0.3 is 102 Å². The van der Waals surface area contributed by atoms with E-state index in [0.717, 1.165) is 94.2 Å². The normalized spacial score (nSPS) is 20.6. The third-order valence-electron chi connectivity index (χ3n) is 14.3. The first-order valence-corrected chi connectivity index (χ1v) is 40.8. The summed E-state index contributed by atoms with van der Waals surface area (Å²) in [5, 5.41) is 53.6. The van der Waals surface area contributed by atoms with Gasteiger partial charge in [-0.1, -0.05) is 38.8 Å². The first-order valence-electron chi connectivity index (χ1n) is 24.8. The van der Waals surface area contributed by atoms with Crippen LogP contribution in [0.2, 0.25) is 0 Å². The Kier molecular flexibility index (Phi) is 52.3. The average Bonchev–Trinajstić information content (AvgIpc) is 3.57.